The van der Waals surface area contributed by atoms with Gasteiger partial charge in [-0.1, -0.05) is 64.9 Å². The number of halogens is 1. The average Bonchev–Trinajstić information content (AvgIpc) is 3.53. The summed E-state index contributed by atoms with van der Waals surface area (Å²) < 4.78 is 7.49. The molecule has 1 saturated heterocycles. The minimum absolute atomic E-state index is 0.499. The Kier molecular flexibility index (Phi) is 5.42. The van der Waals surface area contributed by atoms with E-state index in [4.69, 9.17) is 16.1 Å². The molecule has 1 fully saturated rings. The Balaban J connectivity index is 1.41. The van der Waals surface area contributed by atoms with Crippen molar-refractivity contribution in [3.8, 4) is 17.1 Å². The fraction of sp³-hybridized carbons (Fsp3) is 0.238. The standard InChI is InChI=1S/C21H19ClN6OS/c22-16-9-6-10-17(13-16)28-20(27-11-4-5-12-27)24-25-21(28)30-14-18-23-19(26-29-18)15-7-2-1-3-8-15/h1-3,6-10,13H,4-5,11-12,14H2. The summed E-state index contributed by atoms with van der Waals surface area (Å²) in [5.41, 5.74) is 1.86. The van der Waals surface area contributed by atoms with Crippen molar-refractivity contribution in [2.45, 2.75) is 23.8 Å². The van der Waals surface area contributed by atoms with Gasteiger partial charge in [-0.05, 0) is 31.0 Å². The van der Waals surface area contributed by atoms with Crippen LogP contribution in [0.25, 0.3) is 17.1 Å². The molecule has 0 spiro atoms. The van der Waals surface area contributed by atoms with E-state index in [-0.39, 0.29) is 0 Å². The first-order valence-electron chi connectivity index (χ1n) is 9.75. The van der Waals surface area contributed by atoms with E-state index in [9.17, 15) is 0 Å². The first-order chi connectivity index (χ1) is 14.8. The summed E-state index contributed by atoms with van der Waals surface area (Å²) in [6, 6.07) is 17.5. The molecule has 2 aromatic heterocycles. The van der Waals surface area contributed by atoms with Gasteiger partial charge in [-0.2, -0.15) is 4.98 Å². The molecule has 0 bridgehead atoms. The van der Waals surface area contributed by atoms with Gasteiger partial charge in [0.1, 0.15) is 0 Å². The summed E-state index contributed by atoms with van der Waals surface area (Å²) in [7, 11) is 0. The van der Waals surface area contributed by atoms with Gasteiger partial charge in [0.15, 0.2) is 5.16 Å². The average molecular weight is 439 g/mol. The number of nitrogens with zero attached hydrogens (tertiary/aromatic N) is 6. The third-order valence-electron chi connectivity index (χ3n) is 4.90. The van der Waals surface area contributed by atoms with Crippen LogP contribution in [0.5, 0.6) is 0 Å². The maximum absolute atomic E-state index is 6.25. The Morgan fingerprint density at radius 3 is 2.63 bits per heavy atom. The van der Waals surface area contributed by atoms with Crippen molar-refractivity contribution in [1.29, 1.82) is 0 Å². The summed E-state index contributed by atoms with van der Waals surface area (Å²) in [5, 5.41) is 14.5. The Labute approximate surface area is 183 Å². The number of thioether (sulfide) groups is 1. The zero-order valence-electron chi connectivity index (χ0n) is 16.1. The topological polar surface area (TPSA) is 72.9 Å². The van der Waals surface area contributed by atoms with Crippen LogP contribution in [0.4, 0.5) is 5.95 Å². The molecule has 2 aromatic carbocycles. The predicted molar refractivity (Wildman–Crippen MR) is 117 cm³/mol. The number of aromatic nitrogens is 5. The van der Waals surface area contributed by atoms with E-state index in [1.807, 2.05) is 54.6 Å². The van der Waals surface area contributed by atoms with Crippen LogP contribution < -0.4 is 4.90 Å². The minimum atomic E-state index is 0.499. The summed E-state index contributed by atoms with van der Waals surface area (Å²) >= 11 is 7.76. The first kappa shape index (κ1) is 19.1. The molecular formula is C21H19ClN6OS. The number of hydrogen-bond acceptors (Lipinski definition) is 7. The molecule has 0 amide bonds. The van der Waals surface area contributed by atoms with Gasteiger partial charge in [0, 0.05) is 23.7 Å². The summed E-state index contributed by atoms with van der Waals surface area (Å²) in [6.07, 6.45) is 2.32. The third-order valence-corrected chi connectivity index (χ3v) is 6.05. The quantitative estimate of drug-likeness (QED) is 0.398. The lowest BCUT2D eigenvalue weighted by Gasteiger charge is -2.18. The Morgan fingerprint density at radius 2 is 1.83 bits per heavy atom. The lowest BCUT2D eigenvalue weighted by molar-refractivity contribution is 0.391. The van der Waals surface area contributed by atoms with Crippen LogP contribution in [-0.4, -0.2) is 38.0 Å². The van der Waals surface area contributed by atoms with Crippen LogP contribution in [0, 0.1) is 0 Å². The molecule has 1 aliphatic heterocycles. The molecule has 0 aliphatic carbocycles. The van der Waals surface area contributed by atoms with Gasteiger partial charge in [0.05, 0.1) is 11.4 Å². The maximum atomic E-state index is 6.25. The van der Waals surface area contributed by atoms with E-state index in [1.54, 1.807) is 0 Å². The molecular weight excluding hydrogens is 420 g/mol. The smallest absolute Gasteiger partial charge is 0.237 e. The van der Waals surface area contributed by atoms with Crippen LogP contribution in [0.1, 0.15) is 18.7 Å². The van der Waals surface area contributed by atoms with Crippen molar-refractivity contribution in [2.75, 3.05) is 18.0 Å². The van der Waals surface area contributed by atoms with Gasteiger partial charge in [-0.15, -0.1) is 10.2 Å². The van der Waals surface area contributed by atoms with Crippen molar-refractivity contribution < 1.29 is 4.52 Å². The van der Waals surface area contributed by atoms with E-state index < -0.39 is 0 Å². The van der Waals surface area contributed by atoms with E-state index >= 15 is 0 Å². The molecule has 0 saturated carbocycles. The third kappa shape index (κ3) is 3.93. The second-order valence-electron chi connectivity index (χ2n) is 6.96. The highest BCUT2D eigenvalue weighted by molar-refractivity contribution is 7.98. The lowest BCUT2D eigenvalue weighted by Crippen LogP contribution is -2.22. The normalized spacial score (nSPS) is 13.8. The highest BCUT2D eigenvalue weighted by Crippen LogP contribution is 2.31. The first-order valence-corrected chi connectivity index (χ1v) is 11.1. The number of hydrogen-bond donors (Lipinski definition) is 0. The summed E-state index contributed by atoms with van der Waals surface area (Å²) in [4.78, 5) is 6.77. The molecule has 0 N–H and O–H groups in total. The van der Waals surface area contributed by atoms with Gasteiger partial charge in [0.25, 0.3) is 0 Å². The number of benzene rings is 2. The fourth-order valence-corrected chi connectivity index (χ4v) is 4.43. The molecule has 0 atom stereocenters. The highest BCUT2D eigenvalue weighted by Gasteiger charge is 2.23. The van der Waals surface area contributed by atoms with Crippen molar-refractivity contribution in [1.82, 2.24) is 24.9 Å². The molecule has 0 unspecified atom stereocenters. The van der Waals surface area contributed by atoms with Crippen LogP contribution >= 0.6 is 23.4 Å². The largest absolute Gasteiger partial charge is 0.341 e. The summed E-state index contributed by atoms with van der Waals surface area (Å²) in [5.74, 6) is 2.47. The van der Waals surface area contributed by atoms with Gasteiger partial charge >= 0.3 is 0 Å². The van der Waals surface area contributed by atoms with Gasteiger partial charge in [-0.25, -0.2) is 0 Å². The van der Waals surface area contributed by atoms with Crippen molar-refractivity contribution in [3.63, 3.8) is 0 Å². The van der Waals surface area contributed by atoms with Gasteiger partial charge in [0.2, 0.25) is 17.7 Å². The summed E-state index contributed by atoms with van der Waals surface area (Å²) in [6.45, 7) is 1.96. The molecule has 9 heteroatoms. The van der Waals surface area contributed by atoms with Crippen molar-refractivity contribution in [3.05, 3.63) is 65.5 Å². The van der Waals surface area contributed by atoms with Crippen molar-refractivity contribution >= 4 is 29.3 Å². The lowest BCUT2D eigenvalue weighted by atomic mass is 10.2. The highest BCUT2D eigenvalue weighted by atomic mass is 35.5. The van der Waals surface area contributed by atoms with Crippen LogP contribution in [0.3, 0.4) is 0 Å². The molecule has 5 rings (SSSR count). The molecule has 30 heavy (non-hydrogen) atoms. The second-order valence-corrected chi connectivity index (χ2v) is 8.34. The molecule has 7 nitrogen and oxygen atoms in total. The minimum Gasteiger partial charge on any atom is -0.341 e. The van der Waals surface area contributed by atoms with Crippen LogP contribution in [-0.2, 0) is 5.75 Å². The zero-order valence-corrected chi connectivity index (χ0v) is 17.7. The molecule has 1 aliphatic rings. The Hall–Kier alpha value is -2.84. The Morgan fingerprint density at radius 1 is 1.00 bits per heavy atom. The van der Waals surface area contributed by atoms with E-state index in [0.717, 1.165) is 48.3 Å². The van der Waals surface area contributed by atoms with E-state index in [2.05, 4.69) is 29.8 Å². The van der Waals surface area contributed by atoms with Crippen molar-refractivity contribution in [2.24, 2.45) is 0 Å². The van der Waals surface area contributed by atoms with Crippen LogP contribution in [0.15, 0.2) is 64.3 Å². The molecule has 0 radical (unpaired) electrons. The SMILES string of the molecule is Clc1cccc(-n2c(SCc3nc(-c4ccccc4)no3)nnc2N2CCCC2)c1. The van der Waals surface area contributed by atoms with E-state index in [1.165, 1.54) is 11.8 Å². The monoisotopic (exact) mass is 438 g/mol. The number of anilines is 1. The predicted octanol–water partition coefficient (Wildman–Crippen LogP) is 4.86. The number of rotatable bonds is 6. The zero-order chi connectivity index (χ0) is 20.3. The Bertz CT molecular complexity index is 1140. The maximum Gasteiger partial charge on any atom is 0.237 e. The second kappa shape index (κ2) is 8.49. The van der Waals surface area contributed by atoms with Gasteiger partial charge in [-0.3, -0.25) is 4.57 Å². The van der Waals surface area contributed by atoms with Gasteiger partial charge < -0.3 is 9.42 Å². The van der Waals surface area contributed by atoms with E-state index in [0.29, 0.717) is 22.5 Å². The van der Waals surface area contributed by atoms with Crippen LogP contribution in [0.2, 0.25) is 5.02 Å². The fourth-order valence-electron chi connectivity index (χ4n) is 3.46. The molecule has 152 valence electrons. The molecule has 3 heterocycles. The molecule has 4 aromatic rings.